The average Bonchev–Trinajstić information content (AvgIpc) is 2.38. The Morgan fingerprint density at radius 1 is 1.35 bits per heavy atom. The Hall–Kier alpha value is -1.94. The zero-order chi connectivity index (χ0) is 12.3. The topological polar surface area (TPSA) is 72.0 Å². The van der Waals surface area contributed by atoms with Gasteiger partial charge in [-0.3, -0.25) is 9.97 Å². The van der Waals surface area contributed by atoms with Crippen LogP contribution in [-0.4, -0.2) is 15.1 Å². The summed E-state index contributed by atoms with van der Waals surface area (Å²) in [6.07, 6.45) is 4.85. The third-order valence-corrected chi connectivity index (χ3v) is 2.75. The number of aryl methyl sites for hydroxylation is 1. The molecule has 17 heavy (non-hydrogen) atoms. The van der Waals surface area contributed by atoms with Crippen LogP contribution >= 0.6 is 0 Å². The highest BCUT2D eigenvalue weighted by Gasteiger charge is 2.17. The fraction of sp³-hybridized carbons (Fsp3) is 0.231. The molecule has 0 saturated heterocycles. The minimum atomic E-state index is -0.820. The van der Waals surface area contributed by atoms with E-state index < -0.39 is 6.10 Å². The Morgan fingerprint density at radius 3 is 2.88 bits per heavy atom. The highest BCUT2D eigenvalue weighted by atomic mass is 16.3. The van der Waals surface area contributed by atoms with Gasteiger partial charge in [0.2, 0.25) is 0 Å². The molecule has 0 saturated carbocycles. The maximum Gasteiger partial charge on any atom is 0.125 e. The van der Waals surface area contributed by atoms with Crippen LogP contribution < -0.4 is 5.73 Å². The number of nitrogens with zero attached hydrogens (tertiary/aromatic N) is 2. The lowest BCUT2D eigenvalue weighted by Gasteiger charge is -2.15. The Kier molecular flexibility index (Phi) is 3.35. The van der Waals surface area contributed by atoms with Crippen LogP contribution in [-0.2, 0) is 6.42 Å². The zero-order valence-electron chi connectivity index (χ0n) is 9.67. The fourth-order valence-electron chi connectivity index (χ4n) is 1.79. The Morgan fingerprint density at radius 2 is 2.18 bits per heavy atom. The molecule has 88 valence electrons. The molecule has 0 fully saturated rings. The van der Waals surface area contributed by atoms with Crippen molar-refractivity contribution in [1.29, 1.82) is 0 Å². The summed E-state index contributed by atoms with van der Waals surface area (Å²) in [5, 5.41) is 10.3. The normalized spacial score (nSPS) is 12.4. The standard InChI is InChI=1S/C13H15N3O/c1-2-9-4-3-6-16-12(9)13(17)10-8-15-7-5-11(10)14/h3-8,13,17H,2H2,1H3,(H2,14,15). The Balaban J connectivity index is 2.44. The first kappa shape index (κ1) is 11.5. The van der Waals surface area contributed by atoms with Gasteiger partial charge in [0.15, 0.2) is 0 Å². The van der Waals surface area contributed by atoms with E-state index in [0.29, 0.717) is 16.9 Å². The van der Waals surface area contributed by atoms with E-state index >= 15 is 0 Å². The highest BCUT2D eigenvalue weighted by Crippen LogP contribution is 2.26. The first-order valence-electron chi connectivity index (χ1n) is 5.55. The second kappa shape index (κ2) is 4.93. The molecule has 2 aromatic heterocycles. The van der Waals surface area contributed by atoms with Crippen LogP contribution in [0.3, 0.4) is 0 Å². The summed E-state index contributed by atoms with van der Waals surface area (Å²) in [6.45, 7) is 2.03. The Bertz CT molecular complexity index is 514. The molecule has 0 aliphatic carbocycles. The SMILES string of the molecule is CCc1cccnc1C(O)c1cnccc1N. The van der Waals surface area contributed by atoms with Gasteiger partial charge in [-0.05, 0) is 24.1 Å². The largest absolute Gasteiger partial charge is 0.398 e. The number of aliphatic hydroxyl groups excluding tert-OH is 1. The second-order valence-corrected chi connectivity index (χ2v) is 3.81. The average molecular weight is 229 g/mol. The van der Waals surface area contributed by atoms with Gasteiger partial charge in [-0.25, -0.2) is 0 Å². The second-order valence-electron chi connectivity index (χ2n) is 3.81. The minimum absolute atomic E-state index is 0.528. The van der Waals surface area contributed by atoms with E-state index in [0.717, 1.165) is 12.0 Å². The third-order valence-electron chi connectivity index (χ3n) is 2.75. The molecule has 0 aromatic carbocycles. The third kappa shape index (κ3) is 2.26. The molecule has 4 nitrogen and oxygen atoms in total. The van der Waals surface area contributed by atoms with E-state index in [1.165, 1.54) is 0 Å². The van der Waals surface area contributed by atoms with Gasteiger partial charge < -0.3 is 10.8 Å². The predicted octanol–water partition coefficient (Wildman–Crippen LogP) is 1.70. The van der Waals surface area contributed by atoms with E-state index in [-0.39, 0.29) is 0 Å². The van der Waals surface area contributed by atoms with E-state index in [4.69, 9.17) is 5.73 Å². The summed E-state index contributed by atoms with van der Waals surface area (Å²) in [4.78, 5) is 8.21. The number of pyridine rings is 2. The van der Waals surface area contributed by atoms with Crippen molar-refractivity contribution in [2.45, 2.75) is 19.4 Å². The van der Waals surface area contributed by atoms with E-state index in [9.17, 15) is 5.11 Å². The summed E-state index contributed by atoms with van der Waals surface area (Å²) in [7, 11) is 0. The van der Waals surface area contributed by atoms with Crippen molar-refractivity contribution in [3.05, 3.63) is 53.6 Å². The van der Waals surface area contributed by atoms with E-state index in [1.54, 1.807) is 24.7 Å². The van der Waals surface area contributed by atoms with Gasteiger partial charge >= 0.3 is 0 Å². The number of hydrogen-bond donors (Lipinski definition) is 2. The van der Waals surface area contributed by atoms with Crippen LogP contribution in [0, 0.1) is 0 Å². The lowest BCUT2D eigenvalue weighted by atomic mass is 10.0. The van der Waals surface area contributed by atoms with Gasteiger partial charge in [0.1, 0.15) is 6.10 Å². The number of rotatable bonds is 3. The van der Waals surface area contributed by atoms with Crippen molar-refractivity contribution in [3.8, 4) is 0 Å². The molecule has 2 heterocycles. The van der Waals surface area contributed by atoms with E-state index in [2.05, 4.69) is 9.97 Å². The summed E-state index contributed by atoms with van der Waals surface area (Å²) in [6, 6.07) is 5.49. The van der Waals surface area contributed by atoms with Crippen molar-refractivity contribution < 1.29 is 5.11 Å². The molecule has 0 aliphatic heterocycles. The molecule has 1 atom stereocenters. The van der Waals surface area contributed by atoms with Gasteiger partial charge in [0.25, 0.3) is 0 Å². The molecule has 1 unspecified atom stereocenters. The molecule has 0 radical (unpaired) electrons. The summed E-state index contributed by atoms with van der Waals surface area (Å²) in [5.41, 5.74) is 8.61. The van der Waals surface area contributed by atoms with Gasteiger partial charge in [-0.2, -0.15) is 0 Å². The smallest absolute Gasteiger partial charge is 0.125 e. The lowest BCUT2D eigenvalue weighted by molar-refractivity contribution is 0.214. The number of aromatic nitrogens is 2. The zero-order valence-corrected chi connectivity index (χ0v) is 9.67. The first-order chi connectivity index (χ1) is 8.24. The van der Waals surface area contributed by atoms with Crippen molar-refractivity contribution in [2.24, 2.45) is 0 Å². The molecule has 4 heteroatoms. The molecule has 0 aliphatic rings. The number of anilines is 1. The molecule has 3 N–H and O–H groups in total. The van der Waals surface area contributed by atoms with Crippen molar-refractivity contribution in [1.82, 2.24) is 9.97 Å². The van der Waals surface area contributed by atoms with Crippen LogP contribution in [0.2, 0.25) is 0 Å². The molecule has 2 aromatic rings. The summed E-state index contributed by atoms with van der Waals surface area (Å²) >= 11 is 0. The monoisotopic (exact) mass is 229 g/mol. The fourth-order valence-corrected chi connectivity index (χ4v) is 1.79. The number of aliphatic hydroxyl groups is 1. The van der Waals surface area contributed by atoms with Gasteiger partial charge in [0.05, 0.1) is 5.69 Å². The van der Waals surface area contributed by atoms with E-state index in [1.807, 2.05) is 19.1 Å². The predicted molar refractivity (Wildman–Crippen MR) is 66.3 cm³/mol. The number of nitrogens with two attached hydrogens (primary N) is 1. The number of nitrogen functional groups attached to an aromatic ring is 1. The lowest BCUT2D eigenvalue weighted by Crippen LogP contribution is -2.08. The minimum Gasteiger partial charge on any atom is -0.398 e. The molecule has 0 amide bonds. The van der Waals surface area contributed by atoms with Gasteiger partial charge in [0, 0.05) is 29.8 Å². The van der Waals surface area contributed by atoms with Crippen LogP contribution in [0.1, 0.15) is 29.8 Å². The molecular weight excluding hydrogens is 214 g/mol. The summed E-state index contributed by atoms with van der Waals surface area (Å²) in [5.74, 6) is 0. The molecule has 0 bridgehead atoms. The van der Waals surface area contributed by atoms with Crippen molar-refractivity contribution in [2.75, 3.05) is 5.73 Å². The summed E-state index contributed by atoms with van der Waals surface area (Å²) < 4.78 is 0. The van der Waals surface area contributed by atoms with Crippen LogP contribution in [0.25, 0.3) is 0 Å². The Labute approximate surface area is 100 Å². The van der Waals surface area contributed by atoms with Crippen LogP contribution in [0.4, 0.5) is 5.69 Å². The maximum absolute atomic E-state index is 10.3. The maximum atomic E-state index is 10.3. The highest BCUT2D eigenvalue weighted by molar-refractivity contribution is 5.48. The van der Waals surface area contributed by atoms with Crippen LogP contribution in [0.5, 0.6) is 0 Å². The quantitative estimate of drug-likeness (QED) is 0.840. The van der Waals surface area contributed by atoms with Gasteiger partial charge in [-0.1, -0.05) is 13.0 Å². The first-order valence-corrected chi connectivity index (χ1v) is 5.55. The number of hydrogen-bond acceptors (Lipinski definition) is 4. The van der Waals surface area contributed by atoms with Gasteiger partial charge in [-0.15, -0.1) is 0 Å². The van der Waals surface area contributed by atoms with Crippen LogP contribution in [0.15, 0.2) is 36.8 Å². The molecule has 0 spiro atoms. The molecular formula is C13H15N3O. The van der Waals surface area contributed by atoms with Crippen molar-refractivity contribution >= 4 is 5.69 Å². The van der Waals surface area contributed by atoms with Crippen molar-refractivity contribution in [3.63, 3.8) is 0 Å². The molecule has 2 rings (SSSR count).